The average molecular weight is 381 g/mol. The lowest BCUT2D eigenvalue weighted by Gasteiger charge is -2.43. The molecule has 3 aliphatic rings. The van der Waals surface area contributed by atoms with Crippen LogP contribution in [0.15, 0.2) is 36.5 Å². The zero-order valence-corrected chi connectivity index (χ0v) is 16.2. The summed E-state index contributed by atoms with van der Waals surface area (Å²) < 4.78 is 12.1. The number of amides is 1. The van der Waals surface area contributed by atoms with Crippen LogP contribution in [0.4, 0.5) is 0 Å². The second-order valence-corrected chi connectivity index (χ2v) is 8.40. The van der Waals surface area contributed by atoms with Gasteiger partial charge < -0.3 is 14.4 Å². The molecule has 28 heavy (non-hydrogen) atoms. The van der Waals surface area contributed by atoms with Gasteiger partial charge in [0.1, 0.15) is 5.60 Å². The summed E-state index contributed by atoms with van der Waals surface area (Å²) in [6.07, 6.45) is 4.45. The fourth-order valence-electron chi connectivity index (χ4n) is 4.40. The molecule has 148 valence electrons. The maximum absolute atomic E-state index is 13.2. The van der Waals surface area contributed by atoms with E-state index in [1.165, 1.54) is 12.8 Å². The van der Waals surface area contributed by atoms with Crippen molar-refractivity contribution in [3.05, 3.63) is 42.1 Å². The average Bonchev–Trinajstić information content (AvgIpc) is 3.56. The van der Waals surface area contributed by atoms with Crippen LogP contribution >= 0.6 is 0 Å². The first-order chi connectivity index (χ1) is 13.7. The lowest BCUT2D eigenvalue weighted by Crippen LogP contribution is -2.60. The molecule has 3 heterocycles. The Hall–Kier alpha value is -2.02. The second-order valence-electron chi connectivity index (χ2n) is 8.40. The number of rotatable bonds is 3. The molecule has 2 aromatic rings. The van der Waals surface area contributed by atoms with Crippen LogP contribution in [0.3, 0.4) is 0 Å². The van der Waals surface area contributed by atoms with Gasteiger partial charge in [0.25, 0.3) is 5.91 Å². The molecule has 1 aromatic heterocycles. The molecule has 1 atom stereocenters. The highest BCUT2D eigenvalue weighted by Gasteiger charge is 2.42. The molecule has 1 amide bonds. The van der Waals surface area contributed by atoms with Gasteiger partial charge in [0.05, 0.1) is 31.9 Å². The molecule has 0 unspecified atom stereocenters. The molecule has 1 spiro atoms. The van der Waals surface area contributed by atoms with E-state index in [0.29, 0.717) is 31.9 Å². The summed E-state index contributed by atoms with van der Waals surface area (Å²) in [6, 6.07) is 9.63. The monoisotopic (exact) mass is 381 g/mol. The van der Waals surface area contributed by atoms with Gasteiger partial charge in [0, 0.05) is 43.3 Å². The van der Waals surface area contributed by atoms with E-state index in [2.05, 4.69) is 9.88 Å². The Bertz CT molecular complexity index is 869. The van der Waals surface area contributed by atoms with Crippen molar-refractivity contribution in [2.45, 2.75) is 18.4 Å². The van der Waals surface area contributed by atoms with E-state index < -0.39 is 5.60 Å². The molecule has 5 rings (SSSR count). The first-order valence-electron chi connectivity index (χ1n) is 10.3. The fourth-order valence-corrected chi connectivity index (χ4v) is 4.40. The molecular weight excluding hydrogens is 354 g/mol. The minimum Gasteiger partial charge on any atom is -0.377 e. The van der Waals surface area contributed by atoms with Crippen molar-refractivity contribution in [1.29, 1.82) is 0 Å². The highest BCUT2D eigenvalue weighted by molar-refractivity contribution is 5.98. The minimum atomic E-state index is -0.419. The van der Waals surface area contributed by atoms with Crippen molar-refractivity contribution < 1.29 is 14.3 Å². The van der Waals surface area contributed by atoms with Crippen LogP contribution in [-0.2, 0) is 9.47 Å². The third-order valence-corrected chi connectivity index (χ3v) is 6.03. The van der Waals surface area contributed by atoms with Gasteiger partial charge in [-0.05, 0) is 43.0 Å². The third kappa shape index (κ3) is 3.77. The molecular formula is C22H27N3O3. The van der Waals surface area contributed by atoms with Gasteiger partial charge in [0.15, 0.2) is 0 Å². The zero-order chi connectivity index (χ0) is 19.0. The fraction of sp³-hybridized carbons (Fsp3) is 0.545. The number of nitrogens with zero attached hydrogens (tertiary/aromatic N) is 3. The third-order valence-electron chi connectivity index (χ3n) is 6.03. The Morgan fingerprint density at radius 2 is 2.11 bits per heavy atom. The predicted molar refractivity (Wildman–Crippen MR) is 106 cm³/mol. The maximum atomic E-state index is 13.2. The minimum absolute atomic E-state index is 0.0615. The summed E-state index contributed by atoms with van der Waals surface area (Å²) >= 11 is 0. The first kappa shape index (κ1) is 18.0. The Balaban J connectivity index is 1.34. The van der Waals surface area contributed by atoms with Crippen LogP contribution in [0.2, 0.25) is 0 Å². The SMILES string of the molecule is O=C(c1ccc2ncccc2c1)N1CCO[C@@]2(COCCN(CC3CC3)C2)C1. The number of hydrogen-bond acceptors (Lipinski definition) is 5. The van der Waals surface area contributed by atoms with E-state index in [1.807, 2.05) is 35.2 Å². The second kappa shape index (κ2) is 7.43. The van der Waals surface area contributed by atoms with Crippen molar-refractivity contribution in [2.75, 3.05) is 52.5 Å². The van der Waals surface area contributed by atoms with Gasteiger partial charge in [-0.3, -0.25) is 14.7 Å². The molecule has 0 bridgehead atoms. The predicted octanol–water partition coefficient (Wildman–Crippen LogP) is 2.19. The van der Waals surface area contributed by atoms with Gasteiger partial charge in [-0.1, -0.05) is 6.07 Å². The molecule has 0 radical (unpaired) electrons. The quantitative estimate of drug-likeness (QED) is 0.816. The molecule has 6 nitrogen and oxygen atoms in total. The van der Waals surface area contributed by atoms with Gasteiger partial charge in [-0.2, -0.15) is 0 Å². The molecule has 3 fully saturated rings. The summed E-state index contributed by atoms with van der Waals surface area (Å²) in [5.74, 6) is 0.897. The summed E-state index contributed by atoms with van der Waals surface area (Å²) in [7, 11) is 0. The number of benzene rings is 1. The van der Waals surface area contributed by atoms with E-state index in [4.69, 9.17) is 9.47 Å². The van der Waals surface area contributed by atoms with Crippen LogP contribution in [-0.4, -0.2) is 78.8 Å². The summed E-state index contributed by atoms with van der Waals surface area (Å²) in [5.41, 5.74) is 1.20. The van der Waals surface area contributed by atoms with E-state index in [0.717, 1.165) is 43.1 Å². The lowest BCUT2D eigenvalue weighted by atomic mass is 10.0. The summed E-state index contributed by atoms with van der Waals surface area (Å²) in [5, 5.41) is 0.990. The summed E-state index contributed by atoms with van der Waals surface area (Å²) in [4.78, 5) is 22.0. The number of carbonyl (C=O) groups is 1. The van der Waals surface area contributed by atoms with E-state index in [-0.39, 0.29) is 5.91 Å². The van der Waals surface area contributed by atoms with Crippen LogP contribution in [0, 0.1) is 5.92 Å². The lowest BCUT2D eigenvalue weighted by molar-refractivity contribution is -0.133. The molecule has 1 saturated carbocycles. The number of carbonyl (C=O) groups excluding carboxylic acids is 1. The number of hydrogen-bond donors (Lipinski definition) is 0. The van der Waals surface area contributed by atoms with Crippen LogP contribution in [0.1, 0.15) is 23.2 Å². The van der Waals surface area contributed by atoms with E-state index in [1.54, 1.807) is 6.20 Å². The van der Waals surface area contributed by atoms with Gasteiger partial charge in [0.2, 0.25) is 0 Å². The maximum Gasteiger partial charge on any atom is 0.254 e. The Kier molecular flexibility index (Phi) is 4.78. The van der Waals surface area contributed by atoms with E-state index >= 15 is 0 Å². The number of pyridine rings is 1. The topological polar surface area (TPSA) is 54.9 Å². The van der Waals surface area contributed by atoms with Crippen LogP contribution < -0.4 is 0 Å². The number of aromatic nitrogens is 1. The van der Waals surface area contributed by atoms with Gasteiger partial charge in [-0.15, -0.1) is 0 Å². The molecule has 2 saturated heterocycles. The van der Waals surface area contributed by atoms with Gasteiger partial charge in [-0.25, -0.2) is 0 Å². The normalized spacial score (nSPS) is 26.5. The number of ether oxygens (including phenoxy) is 2. The van der Waals surface area contributed by atoms with E-state index in [9.17, 15) is 4.79 Å². The standard InChI is InChI=1S/C22H27N3O3/c26-21(19-5-6-20-18(12-19)2-1-7-23-20)25-9-11-28-22(15-25)14-24(8-10-27-16-22)13-17-3-4-17/h1-2,5-7,12,17H,3-4,8-11,13-16H2/t22-/m1/s1. The van der Waals surface area contributed by atoms with Crippen molar-refractivity contribution >= 4 is 16.8 Å². The smallest absolute Gasteiger partial charge is 0.254 e. The first-order valence-corrected chi connectivity index (χ1v) is 10.3. The number of morpholine rings is 1. The molecule has 1 aromatic carbocycles. The largest absolute Gasteiger partial charge is 0.377 e. The molecule has 0 N–H and O–H groups in total. The summed E-state index contributed by atoms with van der Waals surface area (Å²) in [6.45, 7) is 5.97. The van der Waals surface area contributed by atoms with Crippen LogP contribution in [0.25, 0.3) is 10.9 Å². The molecule has 1 aliphatic carbocycles. The van der Waals surface area contributed by atoms with Gasteiger partial charge >= 0.3 is 0 Å². The highest BCUT2D eigenvalue weighted by atomic mass is 16.5. The Morgan fingerprint density at radius 1 is 1.18 bits per heavy atom. The molecule has 2 aliphatic heterocycles. The molecule has 6 heteroatoms. The van der Waals surface area contributed by atoms with Crippen LogP contribution in [0.5, 0.6) is 0 Å². The Labute approximate surface area is 165 Å². The van der Waals surface area contributed by atoms with Crippen molar-refractivity contribution in [3.8, 4) is 0 Å². The highest BCUT2D eigenvalue weighted by Crippen LogP contribution is 2.31. The van der Waals surface area contributed by atoms with Crippen molar-refractivity contribution in [1.82, 2.24) is 14.8 Å². The van der Waals surface area contributed by atoms with Crippen molar-refractivity contribution in [3.63, 3.8) is 0 Å². The van der Waals surface area contributed by atoms with Crippen molar-refractivity contribution in [2.24, 2.45) is 5.92 Å². The number of fused-ring (bicyclic) bond motifs is 1. The Morgan fingerprint density at radius 3 is 3.00 bits per heavy atom. The zero-order valence-electron chi connectivity index (χ0n) is 16.2.